The summed E-state index contributed by atoms with van der Waals surface area (Å²) < 4.78 is 21.4. The monoisotopic (exact) mass is 353 g/mol. The van der Waals surface area contributed by atoms with Crippen LogP contribution in [0, 0.1) is 11.8 Å². The van der Waals surface area contributed by atoms with Crippen LogP contribution in [-0.2, 0) is 0 Å². The van der Waals surface area contributed by atoms with Crippen molar-refractivity contribution in [3.05, 3.63) is 48.0 Å². The Kier molecular flexibility index (Phi) is 5.84. The summed E-state index contributed by atoms with van der Waals surface area (Å²) in [6.45, 7) is 3.20. The number of hydrogen-bond acceptors (Lipinski definition) is 5. The van der Waals surface area contributed by atoms with Crippen molar-refractivity contribution in [2.45, 2.75) is 6.92 Å². The van der Waals surface area contributed by atoms with Gasteiger partial charge in [0, 0.05) is 11.6 Å². The van der Waals surface area contributed by atoms with Gasteiger partial charge in [-0.25, -0.2) is 0 Å². The van der Waals surface area contributed by atoms with E-state index in [0.717, 1.165) is 5.75 Å². The van der Waals surface area contributed by atoms with Crippen LogP contribution >= 0.6 is 0 Å². The average Bonchev–Trinajstić information content (AvgIpc) is 3.13. The second kappa shape index (κ2) is 8.67. The lowest BCUT2D eigenvalue weighted by Gasteiger charge is -2.05. The minimum absolute atomic E-state index is 0.181. The molecule has 0 fully saturated rings. The molecule has 0 saturated heterocycles. The Morgan fingerprint density at radius 3 is 2.62 bits per heavy atom. The van der Waals surface area contributed by atoms with Crippen molar-refractivity contribution < 1.29 is 23.7 Å². The number of carbonyl (C=O) groups excluding carboxylic acids is 1. The number of nitrogens with one attached hydrogen (secondary N) is 1. The van der Waals surface area contributed by atoms with Crippen LogP contribution in [0.5, 0.6) is 23.0 Å². The summed E-state index contributed by atoms with van der Waals surface area (Å²) in [7, 11) is 0. The Bertz CT molecular complexity index is 820. The highest BCUT2D eigenvalue weighted by Gasteiger charge is 2.13. The highest BCUT2D eigenvalue weighted by molar-refractivity contribution is 5.94. The molecule has 0 aliphatic carbocycles. The minimum atomic E-state index is -0.181. The van der Waals surface area contributed by atoms with Crippen LogP contribution in [-0.4, -0.2) is 32.5 Å². The molecule has 1 aliphatic rings. The second-order valence-corrected chi connectivity index (χ2v) is 5.30. The zero-order chi connectivity index (χ0) is 18.2. The second-order valence-electron chi connectivity index (χ2n) is 5.30. The summed E-state index contributed by atoms with van der Waals surface area (Å²) in [5.41, 5.74) is 0.562. The van der Waals surface area contributed by atoms with Gasteiger partial charge in [-0.1, -0.05) is 11.8 Å². The van der Waals surface area contributed by atoms with E-state index in [1.54, 1.807) is 42.5 Å². The van der Waals surface area contributed by atoms with Crippen LogP contribution in [0.4, 0.5) is 0 Å². The lowest BCUT2D eigenvalue weighted by molar-refractivity contribution is 0.0958. The van der Waals surface area contributed by atoms with Gasteiger partial charge in [0.2, 0.25) is 6.79 Å². The van der Waals surface area contributed by atoms with Crippen LogP contribution in [0.25, 0.3) is 0 Å². The molecule has 0 bridgehead atoms. The zero-order valence-electron chi connectivity index (χ0n) is 14.4. The van der Waals surface area contributed by atoms with Gasteiger partial charge in [0.15, 0.2) is 11.5 Å². The molecule has 6 nitrogen and oxygen atoms in total. The first-order chi connectivity index (χ1) is 12.8. The van der Waals surface area contributed by atoms with Gasteiger partial charge in [0.1, 0.15) is 18.1 Å². The van der Waals surface area contributed by atoms with E-state index >= 15 is 0 Å². The topological polar surface area (TPSA) is 66.0 Å². The van der Waals surface area contributed by atoms with Crippen molar-refractivity contribution in [2.75, 3.05) is 26.6 Å². The van der Waals surface area contributed by atoms with E-state index in [4.69, 9.17) is 18.9 Å². The van der Waals surface area contributed by atoms with Crippen LogP contribution in [0.15, 0.2) is 42.5 Å². The number of fused-ring (bicyclic) bond motifs is 1. The molecule has 1 N–H and O–H groups in total. The first kappa shape index (κ1) is 17.5. The number of carbonyl (C=O) groups is 1. The maximum Gasteiger partial charge on any atom is 0.252 e. The molecule has 134 valence electrons. The summed E-state index contributed by atoms with van der Waals surface area (Å²) >= 11 is 0. The van der Waals surface area contributed by atoms with Gasteiger partial charge in [-0.3, -0.25) is 4.79 Å². The fourth-order valence-corrected chi connectivity index (χ4v) is 2.30. The molecular weight excluding hydrogens is 334 g/mol. The summed E-state index contributed by atoms with van der Waals surface area (Å²) in [4.78, 5) is 12.0. The molecule has 0 atom stereocenters. The molecular formula is C20H19NO5. The number of rotatable bonds is 6. The minimum Gasteiger partial charge on any atom is -0.494 e. The fourth-order valence-electron chi connectivity index (χ4n) is 2.30. The van der Waals surface area contributed by atoms with Crippen LogP contribution in [0.2, 0.25) is 0 Å². The first-order valence-corrected chi connectivity index (χ1v) is 8.25. The van der Waals surface area contributed by atoms with Crippen molar-refractivity contribution in [1.29, 1.82) is 0 Å². The van der Waals surface area contributed by atoms with Crippen LogP contribution in [0.3, 0.4) is 0 Å². The Balaban J connectivity index is 1.40. The molecule has 2 aromatic carbocycles. The summed E-state index contributed by atoms with van der Waals surface area (Å²) in [5.74, 6) is 8.30. The molecule has 0 radical (unpaired) electrons. The lowest BCUT2D eigenvalue weighted by Crippen LogP contribution is -2.23. The fraction of sp³-hybridized carbons (Fsp3) is 0.250. The molecule has 2 aromatic rings. The molecule has 1 aliphatic heterocycles. The third kappa shape index (κ3) is 4.61. The summed E-state index contributed by atoms with van der Waals surface area (Å²) in [5, 5.41) is 2.74. The average molecular weight is 353 g/mol. The molecule has 26 heavy (non-hydrogen) atoms. The first-order valence-electron chi connectivity index (χ1n) is 8.25. The van der Waals surface area contributed by atoms with Crippen molar-refractivity contribution in [3.8, 4) is 34.8 Å². The van der Waals surface area contributed by atoms with Gasteiger partial charge in [-0.15, -0.1) is 0 Å². The lowest BCUT2D eigenvalue weighted by atomic mass is 10.2. The van der Waals surface area contributed by atoms with Crippen molar-refractivity contribution in [2.24, 2.45) is 0 Å². The summed E-state index contributed by atoms with van der Waals surface area (Å²) in [6.07, 6.45) is 0. The standard InChI is InChI=1S/C20H19NO5/c1-2-23-16-7-5-15(6-8-16)20(22)21-11-3-4-12-24-17-9-10-18-19(13-17)26-14-25-18/h5-10,13H,2,11-12,14H2,1H3,(H,21,22). The van der Waals surface area contributed by atoms with Gasteiger partial charge in [-0.05, 0) is 43.3 Å². The van der Waals surface area contributed by atoms with Crippen molar-refractivity contribution in [3.63, 3.8) is 0 Å². The normalized spacial score (nSPS) is 11.3. The van der Waals surface area contributed by atoms with Crippen LogP contribution in [0.1, 0.15) is 17.3 Å². The summed E-state index contributed by atoms with van der Waals surface area (Å²) in [6, 6.07) is 12.3. The Labute approximate surface area is 152 Å². The maximum atomic E-state index is 12.0. The maximum absolute atomic E-state index is 12.0. The van der Waals surface area contributed by atoms with Gasteiger partial charge in [0.25, 0.3) is 5.91 Å². The van der Waals surface area contributed by atoms with Gasteiger partial charge < -0.3 is 24.3 Å². The molecule has 0 saturated carbocycles. The van der Waals surface area contributed by atoms with E-state index in [2.05, 4.69) is 17.2 Å². The van der Waals surface area contributed by atoms with E-state index in [0.29, 0.717) is 29.4 Å². The molecule has 0 aromatic heterocycles. The quantitative estimate of drug-likeness (QED) is 0.809. The smallest absolute Gasteiger partial charge is 0.252 e. The molecule has 6 heteroatoms. The van der Waals surface area contributed by atoms with E-state index < -0.39 is 0 Å². The predicted molar refractivity (Wildman–Crippen MR) is 95.8 cm³/mol. The van der Waals surface area contributed by atoms with Crippen molar-refractivity contribution in [1.82, 2.24) is 5.32 Å². The SMILES string of the molecule is CCOc1ccc(C(=O)NCC#CCOc2ccc3c(c2)OCO3)cc1. The van der Waals surface area contributed by atoms with Gasteiger partial charge in [-0.2, -0.15) is 0 Å². The number of ether oxygens (including phenoxy) is 4. The number of hydrogen-bond donors (Lipinski definition) is 1. The molecule has 1 heterocycles. The highest BCUT2D eigenvalue weighted by Crippen LogP contribution is 2.34. The number of benzene rings is 2. The third-order valence-electron chi connectivity index (χ3n) is 3.54. The molecule has 1 amide bonds. The Morgan fingerprint density at radius 2 is 1.81 bits per heavy atom. The van der Waals surface area contributed by atoms with Crippen molar-refractivity contribution >= 4 is 5.91 Å². The van der Waals surface area contributed by atoms with E-state index in [1.165, 1.54) is 0 Å². The highest BCUT2D eigenvalue weighted by atomic mass is 16.7. The van der Waals surface area contributed by atoms with E-state index in [9.17, 15) is 4.79 Å². The van der Waals surface area contributed by atoms with E-state index in [1.807, 2.05) is 6.92 Å². The molecule has 3 rings (SSSR count). The number of amides is 1. The molecule has 0 unspecified atom stereocenters. The third-order valence-corrected chi connectivity index (χ3v) is 3.54. The largest absolute Gasteiger partial charge is 0.494 e. The Hall–Kier alpha value is -3.33. The predicted octanol–water partition coefficient (Wildman–Crippen LogP) is 2.63. The van der Waals surface area contributed by atoms with Crippen LogP contribution < -0.4 is 24.3 Å². The van der Waals surface area contributed by atoms with E-state index in [-0.39, 0.29) is 25.9 Å². The molecule has 0 spiro atoms. The zero-order valence-corrected chi connectivity index (χ0v) is 14.4. The van der Waals surface area contributed by atoms with Gasteiger partial charge >= 0.3 is 0 Å². The van der Waals surface area contributed by atoms with Gasteiger partial charge in [0.05, 0.1) is 13.2 Å². The Morgan fingerprint density at radius 1 is 1.04 bits per heavy atom.